The van der Waals surface area contributed by atoms with Gasteiger partial charge < -0.3 is 4.57 Å². The van der Waals surface area contributed by atoms with Gasteiger partial charge in [-0.2, -0.15) is 17.6 Å². The first kappa shape index (κ1) is 26.1. The van der Waals surface area contributed by atoms with Gasteiger partial charge in [0.15, 0.2) is 0 Å². The molecule has 0 saturated heterocycles. The van der Waals surface area contributed by atoms with Gasteiger partial charge in [0.25, 0.3) is 0 Å². The van der Waals surface area contributed by atoms with Crippen LogP contribution in [0.3, 0.4) is 0 Å². The maximum atomic E-state index is 14.1. The number of fused-ring (bicyclic) bond motifs is 1. The lowest BCUT2D eigenvalue weighted by molar-refractivity contribution is -0.137. The average molecular weight is 495 g/mol. The SMILES string of the molecule is CC(C)(C)Cn1cc(C(CF)=N[S@@](=O)C(C)(C)C)c2ccc(-c3ccccc3C(F)(F)F)cc21. The monoisotopic (exact) mass is 494 g/mol. The topological polar surface area (TPSA) is 34.4 Å². The van der Waals surface area contributed by atoms with Crippen LogP contribution in [-0.4, -0.2) is 25.9 Å². The second kappa shape index (κ2) is 9.29. The van der Waals surface area contributed by atoms with Gasteiger partial charge in [-0.15, -0.1) is 0 Å². The number of halogens is 4. The fourth-order valence-electron chi connectivity index (χ4n) is 3.70. The zero-order valence-corrected chi connectivity index (χ0v) is 21.1. The summed E-state index contributed by atoms with van der Waals surface area (Å²) in [6.07, 6.45) is -2.73. The number of rotatable bonds is 5. The molecule has 0 fully saturated rings. The molecular weight excluding hydrogens is 464 g/mol. The third-order valence-electron chi connectivity index (χ3n) is 5.22. The van der Waals surface area contributed by atoms with Crippen molar-refractivity contribution in [2.75, 3.05) is 6.67 Å². The minimum atomic E-state index is -4.49. The molecular formula is C26H30F4N2OS. The largest absolute Gasteiger partial charge is 0.417 e. The molecule has 0 N–H and O–H groups in total. The summed E-state index contributed by atoms with van der Waals surface area (Å²) in [6.45, 7) is 11.0. The molecule has 1 heterocycles. The Hall–Kier alpha value is -2.48. The van der Waals surface area contributed by atoms with E-state index in [9.17, 15) is 21.8 Å². The van der Waals surface area contributed by atoms with Gasteiger partial charge in [0.2, 0.25) is 0 Å². The second-order valence-corrected chi connectivity index (χ2v) is 12.4. The highest BCUT2D eigenvalue weighted by Gasteiger charge is 2.33. The molecule has 3 nitrogen and oxygen atoms in total. The molecule has 1 atom stereocenters. The van der Waals surface area contributed by atoms with Crippen LogP contribution >= 0.6 is 0 Å². The predicted molar refractivity (Wildman–Crippen MR) is 132 cm³/mol. The lowest BCUT2D eigenvalue weighted by atomic mass is 9.96. The lowest BCUT2D eigenvalue weighted by Crippen LogP contribution is -2.21. The quantitative estimate of drug-likeness (QED) is 0.266. The molecule has 8 heteroatoms. The van der Waals surface area contributed by atoms with Gasteiger partial charge in [-0.25, -0.2) is 8.60 Å². The predicted octanol–water partition coefficient (Wildman–Crippen LogP) is 7.59. The Kier molecular flexibility index (Phi) is 7.14. The van der Waals surface area contributed by atoms with Crippen LogP contribution in [0.1, 0.15) is 52.7 Å². The molecule has 0 saturated carbocycles. The van der Waals surface area contributed by atoms with Crippen molar-refractivity contribution in [3.63, 3.8) is 0 Å². The van der Waals surface area contributed by atoms with Gasteiger partial charge in [-0.3, -0.25) is 0 Å². The van der Waals surface area contributed by atoms with Crippen LogP contribution in [0.15, 0.2) is 53.1 Å². The molecule has 0 radical (unpaired) electrons. The molecule has 1 aromatic heterocycles. The highest BCUT2D eigenvalue weighted by molar-refractivity contribution is 7.85. The van der Waals surface area contributed by atoms with Crippen molar-refractivity contribution < 1.29 is 21.8 Å². The smallest absolute Gasteiger partial charge is 0.346 e. The molecule has 0 amide bonds. The summed E-state index contributed by atoms with van der Waals surface area (Å²) >= 11 is 0. The van der Waals surface area contributed by atoms with E-state index >= 15 is 0 Å². The van der Waals surface area contributed by atoms with Crippen molar-refractivity contribution in [1.82, 2.24) is 4.57 Å². The van der Waals surface area contributed by atoms with Gasteiger partial charge in [0.05, 0.1) is 16.0 Å². The molecule has 0 unspecified atom stereocenters. The van der Waals surface area contributed by atoms with Crippen molar-refractivity contribution >= 4 is 27.6 Å². The Morgan fingerprint density at radius 1 is 1.00 bits per heavy atom. The first-order valence-corrected chi connectivity index (χ1v) is 12.1. The summed E-state index contributed by atoms with van der Waals surface area (Å²) in [4.78, 5) is 0. The first-order chi connectivity index (χ1) is 15.6. The van der Waals surface area contributed by atoms with Crippen LogP contribution in [-0.2, 0) is 23.7 Å². The van der Waals surface area contributed by atoms with E-state index < -0.39 is 34.1 Å². The number of benzene rings is 2. The van der Waals surface area contributed by atoms with Gasteiger partial charge >= 0.3 is 6.18 Å². The lowest BCUT2D eigenvalue weighted by Gasteiger charge is -2.20. The van der Waals surface area contributed by atoms with Crippen LogP contribution in [0, 0.1) is 5.41 Å². The zero-order valence-electron chi connectivity index (χ0n) is 20.3. The van der Waals surface area contributed by atoms with Crippen molar-refractivity contribution in [2.24, 2.45) is 9.81 Å². The Balaban J connectivity index is 2.26. The van der Waals surface area contributed by atoms with Crippen molar-refractivity contribution in [3.8, 4) is 11.1 Å². The minimum Gasteiger partial charge on any atom is -0.346 e. The molecule has 184 valence electrons. The molecule has 2 aromatic carbocycles. The third-order valence-corrected chi connectivity index (χ3v) is 6.66. The summed E-state index contributed by atoms with van der Waals surface area (Å²) < 4.78 is 73.0. The van der Waals surface area contributed by atoms with E-state index in [4.69, 9.17) is 0 Å². The average Bonchev–Trinajstić information content (AvgIpc) is 3.06. The van der Waals surface area contributed by atoms with E-state index in [1.807, 2.05) is 25.3 Å². The first-order valence-electron chi connectivity index (χ1n) is 11.0. The highest BCUT2D eigenvalue weighted by atomic mass is 32.2. The summed E-state index contributed by atoms with van der Waals surface area (Å²) in [7, 11) is -1.65. The molecule has 0 spiro atoms. The van der Waals surface area contributed by atoms with Crippen LogP contribution in [0.25, 0.3) is 22.0 Å². The maximum Gasteiger partial charge on any atom is 0.417 e. The normalized spacial score (nSPS) is 14.6. The number of hydrogen-bond donors (Lipinski definition) is 0. The van der Waals surface area contributed by atoms with Crippen LogP contribution < -0.4 is 0 Å². The Morgan fingerprint density at radius 2 is 1.65 bits per heavy atom. The van der Waals surface area contributed by atoms with E-state index in [1.54, 1.807) is 51.2 Å². The third kappa shape index (κ3) is 5.77. The Morgan fingerprint density at radius 3 is 2.21 bits per heavy atom. The fraction of sp³-hybridized carbons (Fsp3) is 0.423. The minimum absolute atomic E-state index is 0.0642. The number of hydrogen-bond acceptors (Lipinski definition) is 1. The summed E-state index contributed by atoms with van der Waals surface area (Å²) in [5.74, 6) is 0. The van der Waals surface area contributed by atoms with E-state index in [0.717, 1.165) is 6.07 Å². The molecule has 34 heavy (non-hydrogen) atoms. The highest BCUT2D eigenvalue weighted by Crippen LogP contribution is 2.38. The van der Waals surface area contributed by atoms with Gasteiger partial charge in [0.1, 0.15) is 17.7 Å². The summed E-state index contributed by atoms with van der Waals surface area (Å²) in [5.41, 5.74) is 0.860. The van der Waals surface area contributed by atoms with E-state index in [0.29, 0.717) is 28.6 Å². The van der Waals surface area contributed by atoms with Gasteiger partial charge in [-0.1, -0.05) is 51.1 Å². The van der Waals surface area contributed by atoms with Crippen LogP contribution in [0.4, 0.5) is 17.6 Å². The van der Waals surface area contributed by atoms with E-state index in [1.165, 1.54) is 12.1 Å². The van der Waals surface area contributed by atoms with E-state index in [-0.39, 0.29) is 16.7 Å². The maximum absolute atomic E-state index is 14.1. The van der Waals surface area contributed by atoms with Gasteiger partial charge in [-0.05, 0) is 49.4 Å². The Labute approximate surface area is 200 Å². The molecule has 3 aromatic rings. The van der Waals surface area contributed by atoms with Crippen molar-refractivity contribution in [3.05, 3.63) is 59.8 Å². The summed E-state index contributed by atoms with van der Waals surface area (Å²) in [6, 6.07) is 10.4. The molecule has 0 bridgehead atoms. The number of aromatic nitrogens is 1. The number of alkyl halides is 4. The van der Waals surface area contributed by atoms with E-state index in [2.05, 4.69) is 4.40 Å². The standard InChI is InChI=1S/C26H30F4N2OS/c1-24(2,3)16-32-15-20(22(14-27)31-34(33)25(4,5)6)19-12-11-17(13-23(19)32)18-9-7-8-10-21(18)26(28,29)30/h7-13,15H,14,16H2,1-6H3/t34-/m0/s1. The molecule has 0 aliphatic rings. The summed E-state index contributed by atoms with van der Waals surface area (Å²) in [5, 5.41) is 0.653. The van der Waals surface area contributed by atoms with Crippen molar-refractivity contribution in [1.29, 1.82) is 0 Å². The van der Waals surface area contributed by atoms with Crippen LogP contribution in [0.2, 0.25) is 0 Å². The van der Waals surface area contributed by atoms with Gasteiger partial charge in [0, 0.05) is 29.2 Å². The fourth-order valence-corrected chi connectivity index (χ4v) is 4.32. The van der Waals surface area contributed by atoms with Crippen molar-refractivity contribution in [2.45, 2.75) is 59.0 Å². The molecule has 3 rings (SSSR count). The molecule has 0 aliphatic carbocycles. The second-order valence-electron chi connectivity index (χ2n) is 10.5. The van der Waals surface area contributed by atoms with Crippen LogP contribution in [0.5, 0.6) is 0 Å². The zero-order chi connectivity index (χ0) is 25.5. The molecule has 0 aliphatic heterocycles. The Bertz CT molecular complexity index is 1240. The number of nitrogens with zero attached hydrogens (tertiary/aromatic N) is 2.